The number of ether oxygens (including phenoxy) is 1. The summed E-state index contributed by atoms with van der Waals surface area (Å²) in [5, 5.41) is 2.57. The van der Waals surface area contributed by atoms with E-state index < -0.39 is 17.6 Å². The van der Waals surface area contributed by atoms with Crippen LogP contribution in [-0.2, 0) is 14.3 Å². The van der Waals surface area contributed by atoms with Crippen LogP contribution in [0.5, 0.6) is 0 Å². The van der Waals surface area contributed by atoms with Crippen LogP contribution < -0.4 is 5.32 Å². The van der Waals surface area contributed by atoms with E-state index in [9.17, 15) is 9.59 Å². The van der Waals surface area contributed by atoms with Gasteiger partial charge in [0.25, 0.3) is 0 Å². The first-order valence-electron chi connectivity index (χ1n) is 4.77. The predicted molar refractivity (Wildman–Crippen MR) is 61.8 cm³/mol. The molecular weight excluding hydrogens is 214 g/mol. The molecule has 0 aliphatic carbocycles. The monoisotopic (exact) mass is 233 g/mol. The van der Waals surface area contributed by atoms with Crippen LogP contribution in [0.25, 0.3) is 0 Å². The van der Waals surface area contributed by atoms with Crippen LogP contribution in [0.4, 0.5) is 0 Å². The van der Waals surface area contributed by atoms with Crippen molar-refractivity contribution in [2.45, 2.75) is 39.3 Å². The van der Waals surface area contributed by atoms with E-state index in [1.165, 1.54) is 11.8 Å². The molecule has 0 saturated carbocycles. The molecule has 0 unspecified atom stereocenters. The van der Waals surface area contributed by atoms with E-state index >= 15 is 0 Å². The van der Waals surface area contributed by atoms with Gasteiger partial charge in [0.1, 0.15) is 11.6 Å². The molecular formula is C10H19NO3S. The summed E-state index contributed by atoms with van der Waals surface area (Å²) in [5.41, 5.74) is -0.518. The minimum atomic E-state index is -0.594. The molecule has 1 N–H and O–H groups in total. The third-order valence-electron chi connectivity index (χ3n) is 1.41. The van der Waals surface area contributed by atoms with Crippen LogP contribution in [-0.4, -0.2) is 35.5 Å². The summed E-state index contributed by atoms with van der Waals surface area (Å²) in [6.45, 7) is 7.00. The van der Waals surface area contributed by atoms with E-state index in [0.29, 0.717) is 5.75 Å². The van der Waals surface area contributed by atoms with Gasteiger partial charge in [0.15, 0.2) is 0 Å². The van der Waals surface area contributed by atoms with Crippen molar-refractivity contribution in [3.05, 3.63) is 0 Å². The van der Waals surface area contributed by atoms with E-state index in [1.54, 1.807) is 27.7 Å². The lowest BCUT2D eigenvalue weighted by molar-refractivity contribution is -0.157. The van der Waals surface area contributed by atoms with Crippen molar-refractivity contribution in [2.24, 2.45) is 0 Å². The lowest BCUT2D eigenvalue weighted by Gasteiger charge is -2.22. The maximum Gasteiger partial charge on any atom is 0.328 e. The average Bonchev–Trinajstić information content (AvgIpc) is 2.00. The Balaban J connectivity index is 4.05. The second kappa shape index (κ2) is 6.00. The molecule has 15 heavy (non-hydrogen) atoms. The fourth-order valence-corrected chi connectivity index (χ4v) is 1.21. The first kappa shape index (κ1) is 14.3. The molecule has 0 aromatic carbocycles. The zero-order chi connectivity index (χ0) is 12.1. The summed E-state index contributed by atoms with van der Waals surface area (Å²) < 4.78 is 5.12. The van der Waals surface area contributed by atoms with Gasteiger partial charge in [0.05, 0.1) is 5.75 Å². The Morgan fingerprint density at radius 3 is 2.33 bits per heavy atom. The minimum Gasteiger partial charge on any atom is -0.458 e. The van der Waals surface area contributed by atoms with Crippen molar-refractivity contribution in [2.75, 3.05) is 12.0 Å². The number of carbonyl (C=O) groups is 2. The second-order valence-corrected chi connectivity index (χ2v) is 5.12. The Hall–Kier alpha value is -0.710. The SMILES string of the molecule is CSCC(=O)N[C@H](C)C(=O)OC(C)(C)C. The van der Waals surface area contributed by atoms with Gasteiger partial charge in [-0.05, 0) is 34.0 Å². The zero-order valence-electron chi connectivity index (χ0n) is 9.92. The van der Waals surface area contributed by atoms with Crippen molar-refractivity contribution in [3.63, 3.8) is 0 Å². The lowest BCUT2D eigenvalue weighted by atomic mass is 10.2. The summed E-state index contributed by atoms with van der Waals surface area (Å²) in [5.74, 6) is -0.203. The zero-order valence-corrected chi connectivity index (χ0v) is 10.7. The Morgan fingerprint density at radius 1 is 1.40 bits per heavy atom. The molecule has 0 aliphatic heterocycles. The molecule has 0 bridgehead atoms. The molecule has 1 atom stereocenters. The third-order valence-corrected chi connectivity index (χ3v) is 1.96. The van der Waals surface area contributed by atoms with Gasteiger partial charge in [-0.1, -0.05) is 0 Å². The van der Waals surface area contributed by atoms with Crippen LogP contribution in [0.15, 0.2) is 0 Å². The quantitative estimate of drug-likeness (QED) is 0.741. The molecule has 0 aromatic rings. The van der Waals surface area contributed by atoms with Gasteiger partial charge < -0.3 is 10.1 Å². The van der Waals surface area contributed by atoms with Crippen molar-refractivity contribution < 1.29 is 14.3 Å². The topological polar surface area (TPSA) is 55.4 Å². The minimum absolute atomic E-state index is 0.152. The number of carbonyl (C=O) groups excluding carboxylic acids is 2. The molecule has 88 valence electrons. The number of nitrogens with one attached hydrogen (secondary N) is 1. The molecule has 0 radical (unpaired) electrons. The van der Waals surface area contributed by atoms with E-state index in [0.717, 1.165) is 0 Å². The smallest absolute Gasteiger partial charge is 0.328 e. The maximum absolute atomic E-state index is 11.5. The van der Waals surface area contributed by atoms with Crippen LogP contribution in [0, 0.1) is 0 Å². The summed E-state index contributed by atoms with van der Waals surface area (Å²) in [4.78, 5) is 22.6. The van der Waals surface area contributed by atoms with Crippen LogP contribution in [0.3, 0.4) is 0 Å². The Bertz CT molecular complexity index is 235. The summed E-state index contributed by atoms with van der Waals surface area (Å²) in [7, 11) is 0. The third kappa shape index (κ3) is 7.25. The summed E-state index contributed by atoms with van der Waals surface area (Å²) in [6.07, 6.45) is 1.83. The second-order valence-electron chi connectivity index (χ2n) is 4.26. The van der Waals surface area contributed by atoms with Gasteiger partial charge in [-0.15, -0.1) is 0 Å². The molecule has 0 aromatic heterocycles. The van der Waals surface area contributed by atoms with Crippen LogP contribution in [0.2, 0.25) is 0 Å². The molecule has 4 nitrogen and oxygen atoms in total. The first-order chi connectivity index (χ1) is 6.76. The average molecular weight is 233 g/mol. The molecule has 0 heterocycles. The van der Waals surface area contributed by atoms with Gasteiger partial charge in [-0.25, -0.2) is 4.79 Å². The highest BCUT2D eigenvalue weighted by Gasteiger charge is 2.22. The summed E-state index contributed by atoms with van der Waals surface area (Å²) in [6, 6.07) is -0.594. The lowest BCUT2D eigenvalue weighted by Crippen LogP contribution is -2.42. The number of hydrogen-bond donors (Lipinski definition) is 1. The van der Waals surface area contributed by atoms with Crippen molar-refractivity contribution in [3.8, 4) is 0 Å². The van der Waals surface area contributed by atoms with E-state index in [-0.39, 0.29) is 5.91 Å². The summed E-state index contributed by atoms with van der Waals surface area (Å²) >= 11 is 1.41. The van der Waals surface area contributed by atoms with Gasteiger partial charge >= 0.3 is 5.97 Å². The number of esters is 1. The molecule has 0 aliphatic rings. The molecule has 0 spiro atoms. The molecule has 1 amide bonds. The van der Waals surface area contributed by atoms with Gasteiger partial charge in [0.2, 0.25) is 5.91 Å². The largest absolute Gasteiger partial charge is 0.458 e. The van der Waals surface area contributed by atoms with E-state index in [4.69, 9.17) is 4.74 Å². The molecule has 0 fully saturated rings. The number of hydrogen-bond acceptors (Lipinski definition) is 4. The first-order valence-corrected chi connectivity index (χ1v) is 6.17. The van der Waals surface area contributed by atoms with Crippen LogP contribution in [0.1, 0.15) is 27.7 Å². The van der Waals surface area contributed by atoms with E-state index in [1.807, 2.05) is 6.26 Å². The molecule has 5 heteroatoms. The standard InChI is InChI=1S/C10H19NO3S/c1-7(11-8(12)6-15-5)9(13)14-10(2,3)4/h7H,6H2,1-5H3,(H,11,12)/t7-/m1/s1. The highest BCUT2D eigenvalue weighted by molar-refractivity contribution is 7.99. The van der Waals surface area contributed by atoms with E-state index in [2.05, 4.69) is 5.32 Å². The van der Waals surface area contributed by atoms with Crippen molar-refractivity contribution in [1.82, 2.24) is 5.32 Å². The fourth-order valence-electron chi connectivity index (χ4n) is 0.863. The molecule has 0 saturated heterocycles. The highest BCUT2D eigenvalue weighted by Crippen LogP contribution is 2.08. The Morgan fingerprint density at radius 2 is 1.93 bits per heavy atom. The number of amides is 1. The predicted octanol–water partition coefficient (Wildman–Crippen LogP) is 1.20. The Kier molecular flexibility index (Phi) is 5.72. The Labute approximate surface area is 95.1 Å². The number of thioether (sulfide) groups is 1. The van der Waals surface area contributed by atoms with Gasteiger partial charge in [-0.3, -0.25) is 4.79 Å². The normalized spacial score (nSPS) is 13.1. The fraction of sp³-hybridized carbons (Fsp3) is 0.800. The van der Waals surface area contributed by atoms with Crippen molar-refractivity contribution >= 4 is 23.6 Å². The highest BCUT2D eigenvalue weighted by atomic mass is 32.2. The molecule has 0 rings (SSSR count). The van der Waals surface area contributed by atoms with Crippen LogP contribution >= 0.6 is 11.8 Å². The number of rotatable bonds is 4. The van der Waals surface area contributed by atoms with Gasteiger partial charge in [0, 0.05) is 0 Å². The van der Waals surface area contributed by atoms with Gasteiger partial charge in [-0.2, -0.15) is 11.8 Å². The van der Waals surface area contributed by atoms with Crippen molar-refractivity contribution in [1.29, 1.82) is 0 Å². The maximum atomic E-state index is 11.5.